The maximum atomic E-state index is 13.3. The van der Waals surface area contributed by atoms with E-state index >= 15 is 0 Å². The summed E-state index contributed by atoms with van der Waals surface area (Å²) in [7, 11) is 0. The number of esters is 1. The Balaban J connectivity index is 2.28. The molecule has 0 aliphatic heterocycles. The highest BCUT2D eigenvalue weighted by molar-refractivity contribution is 5.88. The van der Waals surface area contributed by atoms with Crippen molar-refractivity contribution in [2.45, 2.75) is 96.8 Å². The van der Waals surface area contributed by atoms with E-state index in [4.69, 9.17) is 4.74 Å². The van der Waals surface area contributed by atoms with E-state index in [0.717, 1.165) is 89.9 Å². The summed E-state index contributed by atoms with van der Waals surface area (Å²) in [4.78, 5) is 25.7. The van der Waals surface area contributed by atoms with Crippen molar-refractivity contribution < 1.29 is 19.4 Å². The van der Waals surface area contributed by atoms with Gasteiger partial charge in [-0.25, -0.2) is 0 Å². The Kier molecular flexibility index (Phi) is 9.28. The predicted octanol–water partition coefficient (Wildman–Crippen LogP) is 5.48. The number of unbranched alkanes of at least 4 members (excludes halogenated alkanes) is 3. The lowest BCUT2D eigenvalue weighted by Crippen LogP contribution is -2.52. The maximum absolute atomic E-state index is 13.3. The topological polar surface area (TPSA) is 87.4 Å². The van der Waals surface area contributed by atoms with Crippen LogP contribution in [0.3, 0.4) is 0 Å². The molecule has 0 bridgehead atoms. The zero-order chi connectivity index (χ0) is 20.4. The van der Waals surface area contributed by atoms with Gasteiger partial charge < -0.3 is 9.84 Å². The molecule has 5 heteroatoms. The first-order valence-electron chi connectivity index (χ1n) is 11.4. The fourth-order valence-electron chi connectivity index (χ4n) is 5.36. The van der Waals surface area contributed by atoms with Gasteiger partial charge in [-0.3, -0.25) is 9.59 Å². The van der Waals surface area contributed by atoms with Crippen LogP contribution in [-0.2, 0) is 14.3 Å². The van der Waals surface area contributed by atoms with E-state index in [9.17, 15) is 20.0 Å². The summed E-state index contributed by atoms with van der Waals surface area (Å²) in [5, 5.41) is 20.4. The second kappa shape index (κ2) is 11.4. The predicted molar refractivity (Wildman–Crippen MR) is 107 cm³/mol. The van der Waals surface area contributed by atoms with Crippen LogP contribution in [0.25, 0.3) is 0 Å². The number of rotatable bonds is 10. The van der Waals surface area contributed by atoms with Crippen LogP contribution in [0.1, 0.15) is 96.8 Å². The summed E-state index contributed by atoms with van der Waals surface area (Å²) in [5.74, 6) is -2.85. The molecule has 0 radical (unpaired) electrons. The smallest absolute Gasteiger partial charge is 0.327 e. The molecule has 2 unspecified atom stereocenters. The molecular weight excluding hydrogens is 354 g/mol. The Bertz CT molecular complexity index is 543. The highest BCUT2D eigenvalue weighted by atomic mass is 16.5. The Hall–Kier alpha value is -1.57. The van der Waals surface area contributed by atoms with Gasteiger partial charge >= 0.3 is 11.9 Å². The average molecular weight is 392 g/mol. The van der Waals surface area contributed by atoms with Crippen LogP contribution >= 0.6 is 0 Å². The highest BCUT2D eigenvalue weighted by Crippen LogP contribution is 2.50. The SMILES string of the molecule is CCCCCCOC(=O)C(C#N)(C1CCCCC1)C(C(=O)O)C1CCCCC1. The van der Waals surface area contributed by atoms with E-state index in [2.05, 4.69) is 13.0 Å². The minimum absolute atomic E-state index is 0.111. The number of carbonyl (C=O) groups is 2. The molecule has 0 saturated heterocycles. The van der Waals surface area contributed by atoms with Crippen molar-refractivity contribution >= 4 is 11.9 Å². The summed E-state index contributed by atoms with van der Waals surface area (Å²) in [6, 6.07) is 2.26. The molecule has 2 atom stereocenters. The van der Waals surface area contributed by atoms with Crippen LogP contribution in [0.2, 0.25) is 0 Å². The normalized spacial score (nSPS) is 22.0. The minimum atomic E-state index is -1.54. The highest BCUT2D eigenvalue weighted by Gasteiger charge is 2.58. The second-order valence-electron chi connectivity index (χ2n) is 8.73. The summed E-state index contributed by atoms with van der Waals surface area (Å²) in [6.45, 7) is 2.41. The third-order valence-electron chi connectivity index (χ3n) is 6.88. The number of carboxylic acid groups (broad SMARTS) is 1. The number of aliphatic carboxylic acids is 1. The molecule has 158 valence electrons. The van der Waals surface area contributed by atoms with Gasteiger partial charge in [-0.05, 0) is 43.9 Å². The lowest BCUT2D eigenvalue weighted by molar-refractivity contribution is -0.171. The summed E-state index contributed by atoms with van der Waals surface area (Å²) in [6.07, 6.45) is 13.1. The molecule has 0 amide bonds. The number of hydrogen-bond donors (Lipinski definition) is 1. The van der Waals surface area contributed by atoms with Gasteiger partial charge in [0.25, 0.3) is 0 Å². The molecule has 0 spiro atoms. The van der Waals surface area contributed by atoms with Crippen LogP contribution in [0.15, 0.2) is 0 Å². The number of carboxylic acids is 1. The summed E-state index contributed by atoms with van der Waals surface area (Å²) < 4.78 is 5.60. The van der Waals surface area contributed by atoms with Crippen LogP contribution < -0.4 is 0 Å². The molecule has 28 heavy (non-hydrogen) atoms. The second-order valence-corrected chi connectivity index (χ2v) is 8.73. The lowest BCUT2D eigenvalue weighted by atomic mass is 9.58. The Labute approximate surface area is 169 Å². The third-order valence-corrected chi connectivity index (χ3v) is 6.88. The molecule has 2 saturated carbocycles. The van der Waals surface area contributed by atoms with Gasteiger partial charge in [0, 0.05) is 0 Å². The Morgan fingerprint density at radius 2 is 1.64 bits per heavy atom. The van der Waals surface area contributed by atoms with Crippen molar-refractivity contribution in [3.63, 3.8) is 0 Å². The van der Waals surface area contributed by atoms with Crippen LogP contribution in [0.4, 0.5) is 0 Å². The monoisotopic (exact) mass is 391 g/mol. The lowest BCUT2D eigenvalue weighted by Gasteiger charge is -2.42. The quantitative estimate of drug-likeness (QED) is 0.393. The molecule has 2 aliphatic rings. The van der Waals surface area contributed by atoms with E-state index in [1.54, 1.807) is 0 Å². The van der Waals surface area contributed by atoms with Crippen LogP contribution in [0, 0.1) is 34.5 Å². The van der Waals surface area contributed by atoms with Gasteiger partial charge in [-0.2, -0.15) is 5.26 Å². The van der Waals surface area contributed by atoms with Crippen molar-refractivity contribution in [2.24, 2.45) is 23.2 Å². The first-order chi connectivity index (χ1) is 13.6. The molecule has 1 N–H and O–H groups in total. The van der Waals surface area contributed by atoms with Gasteiger partial charge in [-0.15, -0.1) is 0 Å². The number of nitrogens with zero attached hydrogens (tertiary/aromatic N) is 1. The standard InChI is InChI=1S/C23H37NO4/c1-2-3-4-11-16-28-22(27)23(17-24,19-14-9-6-10-15-19)20(21(25)26)18-12-7-5-8-13-18/h18-20H,2-16H2,1H3,(H,25,26). The van der Waals surface area contributed by atoms with E-state index in [1.807, 2.05) is 0 Å². The summed E-state index contributed by atoms with van der Waals surface area (Å²) in [5.41, 5.74) is -1.54. The molecule has 5 nitrogen and oxygen atoms in total. The fourth-order valence-corrected chi connectivity index (χ4v) is 5.36. The first-order valence-corrected chi connectivity index (χ1v) is 11.4. The zero-order valence-electron chi connectivity index (χ0n) is 17.5. The van der Waals surface area contributed by atoms with Crippen molar-refractivity contribution in [3.05, 3.63) is 0 Å². The van der Waals surface area contributed by atoms with Crippen molar-refractivity contribution in [3.8, 4) is 6.07 Å². The van der Waals surface area contributed by atoms with E-state index in [-0.39, 0.29) is 18.4 Å². The van der Waals surface area contributed by atoms with E-state index in [1.165, 1.54) is 0 Å². The largest absolute Gasteiger partial charge is 0.481 e. The van der Waals surface area contributed by atoms with Gasteiger partial charge in [0.2, 0.25) is 0 Å². The molecule has 0 aromatic rings. The van der Waals surface area contributed by atoms with E-state index in [0.29, 0.717) is 0 Å². The van der Waals surface area contributed by atoms with Gasteiger partial charge in [0.1, 0.15) is 0 Å². The molecule has 0 heterocycles. The first kappa shape index (κ1) is 22.7. The molecule has 2 fully saturated rings. The number of ether oxygens (including phenoxy) is 1. The van der Waals surface area contributed by atoms with Crippen molar-refractivity contribution in [1.29, 1.82) is 5.26 Å². The third kappa shape index (κ3) is 5.27. The Morgan fingerprint density at radius 1 is 1.04 bits per heavy atom. The van der Waals surface area contributed by atoms with Crippen molar-refractivity contribution in [1.82, 2.24) is 0 Å². The summed E-state index contributed by atoms with van der Waals surface area (Å²) >= 11 is 0. The van der Waals surface area contributed by atoms with Crippen LogP contribution in [-0.4, -0.2) is 23.7 Å². The number of carbonyl (C=O) groups excluding carboxylic acids is 1. The molecular formula is C23H37NO4. The maximum Gasteiger partial charge on any atom is 0.327 e. The van der Waals surface area contributed by atoms with Crippen molar-refractivity contribution in [2.75, 3.05) is 6.61 Å². The number of hydrogen-bond acceptors (Lipinski definition) is 4. The average Bonchev–Trinajstić information content (AvgIpc) is 2.72. The number of nitriles is 1. The fraction of sp³-hybridized carbons (Fsp3) is 0.870. The van der Waals surface area contributed by atoms with E-state index < -0.39 is 23.3 Å². The zero-order valence-corrected chi connectivity index (χ0v) is 17.5. The van der Waals surface area contributed by atoms with Gasteiger partial charge in [0.15, 0.2) is 5.41 Å². The van der Waals surface area contributed by atoms with Gasteiger partial charge in [-0.1, -0.05) is 64.7 Å². The van der Waals surface area contributed by atoms with Crippen LogP contribution in [0.5, 0.6) is 0 Å². The van der Waals surface area contributed by atoms with Gasteiger partial charge in [0.05, 0.1) is 18.6 Å². The molecule has 0 aromatic heterocycles. The Morgan fingerprint density at radius 3 is 2.18 bits per heavy atom. The molecule has 2 rings (SSSR count). The molecule has 2 aliphatic carbocycles. The minimum Gasteiger partial charge on any atom is -0.481 e. The molecule has 0 aromatic carbocycles.